The average molecular weight is 338 g/mol. The van der Waals surface area contributed by atoms with Crippen molar-refractivity contribution in [3.05, 3.63) is 0 Å². The maximum atomic E-state index is 12.6. The van der Waals surface area contributed by atoms with Crippen LogP contribution in [0, 0.1) is 5.92 Å². The molecule has 1 unspecified atom stereocenters. The number of hydrogen-bond donors (Lipinski definition) is 2. The lowest BCUT2D eigenvalue weighted by molar-refractivity contribution is -0.143. The lowest BCUT2D eigenvalue weighted by Gasteiger charge is -2.34. The number of rotatable bonds is 8. The molecule has 0 aromatic rings. The molecule has 0 aromatic carbocycles. The van der Waals surface area contributed by atoms with Crippen LogP contribution in [-0.4, -0.2) is 73.5 Å². The Bertz CT molecular complexity index is 408. The minimum atomic E-state index is -0.294. The van der Waals surface area contributed by atoms with Gasteiger partial charge >= 0.3 is 0 Å². The van der Waals surface area contributed by atoms with Gasteiger partial charge in [-0.1, -0.05) is 13.8 Å². The van der Waals surface area contributed by atoms with Crippen molar-refractivity contribution in [3.63, 3.8) is 0 Å². The van der Waals surface area contributed by atoms with E-state index < -0.39 is 0 Å². The average Bonchev–Trinajstić information content (AvgIpc) is 2.58. The van der Waals surface area contributed by atoms with Crippen molar-refractivity contribution in [2.24, 2.45) is 5.92 Å². The molecule has 0 saturated carbocycles. The number of nitrogens with zero attached hydrogens (tertiary/aromatic N) is 2. The monoisotopic (exact) mass is 338 g/mol. The third kappa shape index (κ3) is 6.06. The first kappa shape index (κ1) is 19.2. The lowest BCUT2D eigenvalue weighted by atomic mass is 9.98. The summed E-state index contributed by atoms with van der Waals surface area (Å²) in [5, 5.41) is 6.42. The first-order valence-corrected chi connectivity index (χ1v) is 9.58. The molecule has 1 atom stereocenters. The van der Waals surface area contributed by atoms with Crippen LogP contribution in [0.25, 0.3) is 0 Å². The van der Waals surface area contributed by atoms with Gasteiger partial charge in [-0.05, 0) is 38.1 Å². The molecule has 2 fully saturated rings. The standard InChI is InChI=1S/C18H34N4O2/c1-15(2)14-16(22-11-4-3-6-17(22)23)18(24)20-7-5-10-21-12-8-19-9-13-21/h15-16,19H,3-14H2,1-2H3,(H,20,24). The molecule has 0 bridgehead atoms. The minimum Gasteiger partial charge on any atom is -0.354 e. The highest BCUT2D eigenvalue weighted by Crippen LogP contribution is 2.19. The van der Waals surface area contributed by atoms with Gasteiger partial charge in [0.1, 0.15) is 6.04 Å². The first-order valence-electron chi connectivity index (χ1n) is 9.58. The Morgan fingerprint density at radius 3 is 2.62 bits per heavy atom. The topological polar surface area (TPSA) is 64.7 Å². The zero-order chi connectivity index (χ0) is 17.4. The molecule has 6 nitrogen and oxygen atoms in total. The highest BCUT2D eigenvalue weighted by Gasteiger charge is 2.31. The number of carbonyl (C=O) groups excluding carboxylic acids is 2. The molecule has 0 aliphatic carbocycles. The van der Waals surface area contributed by atoms with Crippen LogP contribution < -0.4 is 10.6 Å². The molecule has 2 heterocycles. The quantitative estimate of drug-likeness (QED) is 0.643. The van der Waals surface area contributed by atoms with Crippen LogP contribution in [0.15, 0.2) is 0 Å². The Morgan fingerprint density at radius 1 is 1.21 bits per heavy atom. The summed E-state index contributed by atoms with van der Waals surface area (Å²) < 4.78 is 0. The molecule has 2 aliphatic rings. The molecule has 2 N–H and O–H groups in total. The molecule has 0 spiro atoms. The smallest absolute Gasteiger partial charge is 0.242 e. The Morgan fingerprint density at radius 2 is 1.96 bits per heavy atom. The Balaban J connectivity index is 1.77. The number of amides is 2. The molecule has 6 heteroatoms. The van der Waals surface area contributed by atoms with Crippen molar-refractivity contribution in [1.82, 2.24) is 20.4 Å². The molecular formula is C18H34N4O2. The third-order valence-corrected chi connectivity index (χ3v) is 4.89. The van der Waals surface area contributed by atoms with Crippen molar-refractivity contribution >= 4 is 11.8 Å². The van der Waals surface area contributed by atoms with Gasteiger partial charge in [0.2, 0.25) is 11.8 Å². The molecule has 24 heavy (non-hydrogen) atoms. The SMILES string of the molecule is CC(C)CC(C(=O)NCCCN1CCNCC1)N1CCCCC1=O. The predicted octanol–water partition coefficient (Wildman–Crippen LogP) is 0.825. The molecule has 2 aliphatic heterocycles. The molecule has 2 saturated heterocycles. The van der Waals surface area contributed by atoms with Gasteiger partial charge in [-0.15, -0.1) is 0 Å². The second kappa shape index (κ2) is 9.99. The Labute approximate surface area is 146 Å². The number of hydrogen-bond acceptors (Lipinski definition) is 4. The number of piperazine rings is 1. The zero-order valence-corrected chi connectivity index (χ0v) is 15.4. The van der Waals surface area contributed by atoms with E-state index in [4.69, 9.17) is 0 Å². The number of nitrogens with one attached hydrogen (secondary N) is 2. The summed E-state index contributed by atoms with van der Waals surface area (Å²) in [5.74, 6) is 0.568. The van der Waals surface area contributed by atoms with Gasteiger partial charge in [-0.3, -0.25) is 9.59 Å². The van der Waals surface area contributed by atoms with Crippen molar-refractivity contribution < 1.29 is 9.59 Å². The van der Waals surface area contributed by atoms with Crippen LogP contribution in [0.3, 0.4) is 0 Å². The first-order chi connectivity index (χ1) is 11.6. The van der Waals surface area contributed by atoms with Crippen molar-refractivity contribution in [2.45, 2.75) is 52.0 Å². The minimum absolute atomic E-state index is 0.0271. The summed E-state index contributed by atoms with van der Waals surface area (Å²) in [6, 6.07) is -0.294. The molecule has 0 radical (unpaired) electrons. The van der Waals surface area contributed by atoms with Crippen LogP contribution >= 0.6 is 0 Å². The van der Waals surface area contributed by atoms with Gasteiger partial charge in [-0.2, -0.15) is 0 Å². The van der Waals surface area contributed by atoms with E-state index in [9.17, 15) is 9.59 Å². The highest BCUT2D eigenvalue weighted by atomic mass is 16.2. The van der Waals surface area contributed by atoms with E-state index in [-0.39, 0.29) is 17.9 Å². The highest BCUT2D eigenvalue weighted by molar-refractivity contribution is 5.88. The van der Waals surface area contributed by atoms with Gasteiger partial charge in [-0.25, -0.2) is 0 Å². The number of likely N-dealkylation sites (tertiary alicyclic amines) is 1. The van der Waals surface area contributed by atoms with E-state index in [1.165, 1.54) is 0 Å². The van der Waals surface area contributed by atoms with Gasteiger partial charge in [0, 0.05) is 45.7 Å². The van der Waals surface area contributed by atoms with Crippen LogP contribution in [0.5, 0.6) is 0 Å². The Hall–Kier alpha value is -1.14. The lowest BCUT2D eigenvalue weighted by Crippen LogP contribution is -2.52. The summed E-state index contributed by atoms with van der Waals surface area (Å²) >= 11 is 0. The van der Waals surface area contributed by atoms with E-state index in [1.54, 1.807) is 0 Å². The molecular weight excluding hydrogens is 304 g/mol. The van der Waals surface area contributed by atoms with Gasteiger partial charge < -0.3 is 20.4 Å². The number of carbonyl (C=O) groups is 2. The molecule has 0 aromatic heterocycles. The fraction of sp³-hybridized carbons (Fsp3) is 0.889. The zero-order valence-electron chi connectivity index (χ0n) is 15.4. The summed E-state index contributed by atoms with van der Waals surface area (Å²) in [7, 11) is 0. The van der Waals surface area contributed by atoms with Crippen LogP contribution in [0.1, 0.15) is 46.0 Å². The van der Waals surface area contributed by atoms with E-state index in [0.717, 1.165) is 65.0 Å². The van der Waals surface area contributed by atoms with E-state index in [0.29, 0.717) is 18.9 Å². The van der Waals surface area contributed by atoms with E-state index >= 15 is 0 Å². The second-order valence-corrected chi connectivity index (χ2v) is 7.43. The predicted molar refractivity (Wildman–Crippen MR) is 95.7 cm³/mol. The van der Waals surface area contributed by atoms with Gasteiger partial charge in [0.05, 0.1) is 0 Å². The Kier molecular flexibility index (Phi) is 7.99. The fourth-order valence-corrected chi connectivity index (χ4v) is 3.55. The van der Waals surface area contributed by atoms with Crippen LogP contribution in [-0.2, 0) is 9.59 Å². The van der Waals surface area contributed by atoms with Crippen molar-refractivity contribution in [3.8, 4) is 0 Å². The molecule has 2 rings (SSSR count). The fourth-order valence-electron chi connectivity index (χ4n) is 3.55. The molecule has 2 amide bonds. The van der Waals surface area contributed by atoms with Crippen LogP contribution in [0.4, 0.5) is 0 Å². The summed E-state index contributed by atoms with van der Waals surface area (Å²) in [6.07, 6.45) is 4.26. The third-order valence-electron chi connectivity index (χ3n) is 4.89. The second-order valence-electron chi connectivity index (χ2n) is 7.43. The maximum Gasteiger partial charge on any atom is 0.242 e. The summed E-state index contributed by atoms with van der Waals surface area (Å²) in [4.78, 5) is 29.1. The van der Waals surface area contributed by atoms with Gasteiger partial charge in [0.15, 0.2) is 0 Å². The number of piperidine rings is 1. The largest absolute Gasteiger partial charge is 0.354 e. The van der Waals surface area contributed by atoms with E-state index in [2.05, 4.69) is 29.4 Å². The van der Waals surface area contributed by atoms with Crippen LogP contribution in [0.2, 0.25) is 0 Å². The summed E-state index contributed by atoms with van der Waals surface area (Å²) in [5.41, 5.74) is 0. The van der Waals surface area contributed by atoms with Crippen molar-refractivity contribution in [1.29, 1.82) is 0 Å². The molecule has 138 valence electrons. The normalized spacial score (nSPS) is 21.1. The van der Waals surface area contributed by atoms with E-state index in [1.807, 2.05) is 4.90 Å². The maximum absolute atomic E-state index is 12.6. The van der Waals surface area contributed by atoms with Gasteiger partial charge in [0.25, 0.3) is 0 Å². The summed E-state index contributed by atoms with van der Waals surface area (Å²) in [6.45, 7) is 11.0. The van der Waals surface area contributed by atoms with Crippen molar-refractivity contribution in [2.75, 3.05) is 45.8 Å².